The Kier molecular flexibility index (Phi) is 4.59. The van der Waals surface area contributed by atoms with Gasteiger partial charge in [-0.2, -0.15) is 0 Å². The molecule has 0 spiro atoms. The Bertz CT molecular complexity index is 779. The smallest absolute Gasteiger partial charge is 0.276 e. The van der Waals surface area contributed by atoms with Gasteiger partial charge >= 0.3 is 0 Å². The minimum absolute atomic E-state index is 0.599. The number of benzene rings is 1. The lowest BCUT2D eigenvalue weighted by Gasteiger charge is -2.04. The van der Waals surface area contributed by atoms with Gasteiger partial charge in [0, 0.05) is 11.1 Å². The molecular formula is C16H17N3OS2. The maximum absolute atomic E-state index is 5.69. The largest absolute Gasteiger partial charge is 0.416 e. The van der Waals surface area contributed by atoms with Crippen molar-refractivity contribution < 1.29 is 4.42 Å². The molecule has 0 saturated carbocycles. The molecule has 4 nitrogen and oxygen atoms in total. The molecule has 0 fully saturated rings. The minimum atomic E-state index is 0.599. The van der Waals surface area contributed by atoms with E-state index < -0.39 is 0 Å². The van der Waals surface area contributed by atoms with E-state index in [1.165, 1.54) is 16.7 Å². The van der Waals surface area contributed by atoms with Gasteiger partial charge in [0.15, 0.2) is 0 Å². The predicted octanol–water partition coefficient (Wildman–Crippen LogP) is 4.33. The first kappa shape index (κ1) is 15.2. The quantitative estimate of drug-likeness (QED) is 0.651. The number of hydrogen-bond acceptors (Lipinski definition) is 6. The molecule has 2 aromatic heterocycles. The number of aryl methyl sites for hydroxylation is 3. The van der Waals surface area contributed by atoms with Gasteiger partial charge in [0.2, 0.25) is 5.89 Å². The highest BCUT2D eigenvalue weighted by atomic mass is 32.2. The summed E-state index contributed by atoms with van der Waals surface area (Å²) in [6.07, 6.45) is 0.599. The summed E-state index contributed by atoms with van der Waals surface area (Å²) in [5.74, 6) is 1.46. The van der Waals surface area contributed by atoms with E-state index in [4.69, 9.17) is 4.42 Å². The average molecular weight is 331 g/mol. The third-order valence-electron chi connectivity index (χ3n) is 3.30. The average Bonchev–Trinajstić information content (AvgIpc) is 3.10. The number of rotatable bonds is 5. The van der Waals surface area contributed by atoms with Crippen molar-refractivity contribution in [3.05, 3.63) is 56.9 Å². The zero-order chi connectivity index (χ0) is 15.5. The lowest BCUT2D eigenvalue weighted by atomic mass is 10.1. The van der Waals surface area contributed by atoms with Crippen molar-refractivity contribution in [1.82, 2.24) is 15.2 Å². The summed E-state index contributed by atoms with van der Waals surface area (Å²) in [5, 5.41) is 11.9. The molecule has 0 atom stereocenters. The summed E-state index contributed by atoms with van der Waals surface area (Å²) in [7, 11) is 0. The van der Waals surface area contributed by atoms with E-state index in [0.29, 0.717) is 17.5 Å². The van der Waals surface area contributed by atoms with E-state index in [2.05, 4.69) is 47.2 Å². The molecule has 0 amide bonds. The fourth-order valence-corrected chi connectivity index (χ4v) is 3.56. The van der Waals surface area contributed by atoms with E-state index in [1.807, 2.05) is 12.3 Å². The maximum atomic E-state index is 5.69. The van der Waals surface area contributed by atoms with E-state index in [0.717, 1.165) is 16.5 Å². The van der Waals surface area contributed by atoms with E-state index in [-0.39, 0.29) is 0 Å². The first-order valence-corrected chi connectivity index (χ1v) is 8.89. The minimum Gasteiger partial charge on any atom is -0.416 e. The molecule has 0 aliphatic carbocycles. The molecular weight excluding hydrogens is 314 g/mol. The van der Waals surface area contributed by atoms with Gasteiger partial charge in [0.05, 0.1) is 17.1 Å². The first-order chi connectivity index (χ1) is 10.6. The van der Waals surface area contributed by atoms with Gasteiger partial charge in [0.25, 0.3) is 5.22 Å². The van der Waals surface area contributed by atoms with Crippen molar-refractivity contribution in [3.63, 3.8) is 0 Å². The number of thioether (sulfide) groups is 1. The third-order valence-corrected chi connectivity index (χ3v) is 4.99. The molecule has 114 valence electrons. The van der Waals surface area contributed by atoms with Crippen LogP contribution < -0.4 is 0 Å². The molecule has 0 unspecified atom stereocenters. The van der Waals surface area contributed by atoms with Gasteiger partial charge in [-0.25, -0.2) is 4.98 Å². The molecule has 0 saturated heterocycles. The third kappa shape index (κ3) is 3.75. The lowest BCUT2D eigenvalue weighted by Crippen LogP contribution is -1.88. The topological polar surface area (TPSA) is 51.8 Å². The molecule has 0 N–H and O–H groups in total. The highest BCUT2D eigenvalue weighted by molar-refractivity contribution is 7.98. The second-order valence-corrected chi connectivity index (χ2v) is 7.20. The van der Waals surface area contributed by atoms with E-state index in [9.17, 15) is 0 Å². The maximum Gasteiger partial charge on any atom is 0.276 e. The molecule has 6 heteroatoms. The molecule has 0 bridgehead atoms. The molecule has 0 aliphatic heterocycles. The van der Waals surface area contributed by atoms with Crippen LogP contribution in [-0.4, -0.2) is 15.2 Å². The number of hydrogen-bond donors (Lipinski definition) is 0. The van der Waals surface area contributed by atoms with Crippen molar-refractivity contribution in [2.75, 3.05) is 0 Å². The molecule has 3 aromatic rings. The van der Waals surface area contributed by atoms with Crippen molar-refractivity contribution in [3.8, 4) is 0 Å². The SMILES string of the molecule is Cc1ccc(C)c(CSc2nnc(Cc3csc(C)n3)o2)c1. The predicted molar refractivity (Wildman–Crippen MR) is 89.4 cm³/mol. The normalized spacial score (nSPS) is 11.0. The molecule has 0 radical (unpaired) electrons. The van der Waals surface area contributed by atoms with Crippen LogP contribution in [0.5, 0.6) is 0 Å². The van der Waals surface area contributed by atoms with Crippen LogP contribution in [0.25, 0.3) is 0 Å². The van der Waals surface area contributed by atoms with E-state index in [1.54, 1.807) is 23.1 Å². The highest BCUT2D eigenvalue weighted by Crippen LogP contribution is 2.24. The molecule has 1 aromatic carbocycles. The summed E-state index contributed by atoms with van der Waals surface area (Å²) in [6.45, 7) is 6.22. The van der Waals surface area contributed by atoms with Crippen LogP contribution in [0.1, 0.15) is 33.3 Å². The fourth-order valence-electron chi connectivity index (χ4n) is 2.11. The zero-order valence-electron chi connectivity index (χ0n) is 12.8. The van der Waals surface area contributed by atoms with Gasteiger partial charge in [-0.1, -0.05) is 35.5 Å². The Labute approximate surface area is 138 Å². The Morgan fingerprint density at radius 1 is 1.18 bits per heavy atom. The second-order valence-electron chi connectivity index (χ2n) is 5.21. The van der Waals surface area contributed by atoms with Crippen LogP contribution in [0, 0.1) is 20.8 Å². The standard InChI is InChI=1S/C16H17N3OS2/c1-10-4-5-11(2)13(6-10)8-22-16-19-18-15(20-16)7-14-9-21-12(3)17-14/h4-6,9H,7-8H2,1-3H3. The van der Waals surface area contributed by atoms with Crippen LogP contribution in [0.15, 0.2) is 33.2 Å². The highest BCUT2D eigenvalue weighted by Gasteiger charge is 2.10. The summed E-state index contributed by atoms with van der Waals surface area (Å²) >= 11 is 3.21. The summed E-state index contributed by atoms with van der Waals surface area (Å²) in [4.78, 5) is 4.41. The van der Waals surface area contributed by atoms with Crippen LogP contribution in [0.4, 0.5) is 0 Å². The lowest BCUT2D eigenvalue weighted by molar-refractivity contribution is 0.419. The summed E-state index contributed by atoms with van der Waals surface area (Å²) in [5.41, 5.74) is 4.85. The van der Waals surface area contributed by atoms with E-state index >= 15 is 0 Å². The van der Waals surface area contributed by atoms with Crippen LogP contribution in [0.2, 0.25) is 0 Å². The Morgan fingerprint density at radius 2 is 2.05 bits per heavy atom. The Balaban J connectivity index is 1.63. The molecule has 22 heavy (non-hydrogen) atoms. The van der Waals surface area contributed by atoms with Crippen LogP contribution >= 0.6 is 23.1 Å². The van der Waals surface area contributed by atoms with Crippen molar-refractivity contribution in [1.29, 1.82) is 0 Å². The van der Waals surface area contributed by atoms with Crippen molar-refractivity contribution in [2.45, 2.75) is 38.2 Å². The molecule has 0 aliphatic rings. The summed E-state index contributed by atoms with van der Waals surface area (Å²) < 4.78 is 5.69. The zero-order valence-corrected chi connectivity index (χ0v) is 14.4. The van der Waals surface area contributed by atoms with Crippen molar-refractivity contribution >= 4 is 23.1 Å². The monoisotopic (exact) mass is 331 g/mol. The second kappa shape index (κ2) is 6.62. The number of nitrogens with zero attached hydrogens (tertiary/aromatic N) is 3. The van der Waals surface area contributed by atoms with Gasteiger partial charge < -0.3 is 4.42 Å². The fraction of sp³-hybridized carbons (Fsp3) is 0.312. The van der Waals surface area contributed by atoms with Gasteiger partial charge in [-0.3, -0.25) is 0 Å². The summed E-state index contributed by atoms with van der Waals surface area (Å²) in [6, 6.07) is 6.48. The van der Waals surface area contributed by atoms with Gasteiger partial charge in [0.1, 0.15) is 0 Å². The van der Waals surface area contributed by atoms with Crippen LogP contribution in [-0.2, 0) is 12.2 Å². The van der Waals surface area contributed by atoms with Crippen molar-refractivity contribution in [2.24, 2.45) is 0 Å². The van der Waals surface area contributed by atoms with Gasteiger partial charge in [-0.05, 0) is 31.9 Å². The van der Waals surface area contributed by atoms with Crippen LogP contribution in [0.3, 0.4) is 0 Å². The number of aromatic nitrogens is 3. The number of thiazole rings is 1. The molecule has 3 rings (SSSR count). The van der Waals surface area contributed by atoms with Gasteiger partial charge in [-0.15, -0.1) is 21.5 Å². The Hall–Kier alpha value is -1.66. The molecule has 2 heterocycles. The first-order valence-electron chi connectivity index (χ1n) is 7.02. The Morgan fingerprint density at radius 3 is 2.82 bits per heavy atom.